The molecule has 0 aliphatic carbocycles. The molecular weight excluding hydrogens is 435 g/mol. The number of carbonyl (C=O) groups excluding carboxylic acids is 1. The Morgan fingerprint density at radius 3 is 1.59 bits per heavy atom. The maximum Gasteiger partial charge on any atom is 0.186 e. The van der Waals surface area contributed by atoms with Crippen molar-refractivity contribution >= 4 is 34.4 Å². The van der Waals surface area contributed by atoms with E-state index in [9.17, 15) is 4.79 Å². The van der Waals surface area contributed by atoms with Crippen molar-refractivity contribution in [3.63, 3.8) is 0 Å². The third kappa shape index (κ3) is 5.41. The Hall–Kier alpha value is -3.35. The molecule has 0 aliphatic rings. The summed E-state index contributed by atoms with van der Waals surface area (Å²) in [6, 6.07) is 38.8. The number of ether oxygens (including phenoxy) is 1. The molecule has 4 rings (SSSR count). The lowest BCUT2D eigenvalue weighted by Gasteiger charge is -2.28. The zero-order valence-corrected chi connectivity index (χ0v) is 20.5. The topological polar surface area (TPSA) is 26.3 Å². The first-order chi connectivity index (χ1) is 16.7. The largest absolute Gasteiger partial charge is 0.494 e. The van der Waals surface area contributed by atoms with Crippen LogP contribution in [-0.2, 0) is 0 Å². The van der Waals surface area contributed by atoms with Crippen LogP contribution in [0.2, 0.25) is 0 Å². The first-order valence-corrected chi connectivity index (χ1v) is 13.8. The molecule has 0 bridgehead atoms. The van der Waals surface area contributed by atoms with Gasteiger partial charge in [-0.05, 0) is 59.3 Å². The highest BCUT2D eigenvalue weighted by atomic mass is 31.2. The SMILES string of the molecule is CCCCCOc1ccc(C(=O)C=P(c2ccccc2)(c2ccccc2)c2ccccc2)cc1. The van der Waals surface area contributed by atoms with E-state index in [-0.39, 0.29) is 5.78 Å². The molecular formula is C31H31O2P. The number of Topliss-reactive ketones (excluding diaryl/α,β-unsaturated/α-hetero) is 1. The first-order valence-electron chi connectivity index (χ1n) is 11.9. The monoisotopic (exact) mass is 466 g/mol. The van der Waals surface area contributed by atoms with Crippen LogP contribution in [0.15, 0.2) is 115 Å². The molecule has 0 unspecified atom stereocenters. The van der Waals surface area contributed by atoms with Gasteiger partial charge in [-0.1, -0.05) is 111 Å². The molecule has 4 aromatic carbocycles. The maximum absolute atomic E-state index is 13.7. The predicted molar refractivity (Wildman–Crippen MR) is 147 cm³/mol. The number of carbonyl (C=O) groups is 1. The van der Waals surface area contributed by atoms with Gasteiger partial charge in [0.25, 0.3) is 0 Å². The lowest BCUT2D eigenvalue weighted by atomic mass is 10.1. The smallest absolute Gasteiger partial charge is 0.186 e. The van der Waals surface area contributed by atoms with E-state index < -0.39 is 6.89 Å². The van der Waals surface area contributed by atoms with Crippen molar-refractivity contribution in [2.45, 2.75) is 26.2 Å². The van der Waals surface area contributed by atoms with Gasteiger partial charge < -0.3 is 4.74 Å². The van der Waals surface area contributed by atoms with Crippen LogP contribution in [0.5, 0.6) is 5.75 Å². The van der Waals surface area contributed by atoms with Gasteiger partial charge in [-0.15, -0.1) is 0 Å². The summed E-state index contributed by atoms with van der Waals surface area (Å²) in [5.74, 6) is 2.81. The molecule has 0 radical (unpaired) electrons. The van der Waals surface area contributed by atoms with E-state index in [0.29, 0.717) is 12.2 Å². The van der Waals surface area contributed by atoms with Gasteiger partial charge in [-0.3, -0.25) is 4.79 Å². The fourth-order valence-corrected chi connectivity index (χ4v) is 7.94. The van der Waals surface area contributed by atoms with Gasteiger partial charge in [0, 0.05) is 5.56 Å². The molecule has 0 atom stereocenters. The average Bonchev–Trinajstić information content (AvgIpc) is 2.91. The summed E-state index contributed by atoms with van der Waals surface area (Å²) >= 11 is 0. The number of benzene rings is 4. The van der Waals surface area contributed by atoms with Crippen molar-refractivity contribution in [3.8, 4) is 5.75 Å². The Morgan fingerprint density at radius 1 is 0.676 bits per heavy atom. The van der Waals surface area contributed by atoms with Crippen molar-refractivity contribution in [1.82, 2.24) is 0 Å². The normalized spacial score (nSPS) is 11.1. The molecule has 3 heteroatoms. The third-order valence-electron chi connectivity index (χ3n) is 5.96. The molecule has 0 amide bonds. The highest BCUT2D eigenvalue weighted by molar-refractivity contribution is 7.95. The minimum atomic E-state index is -2.32. The van der Waals surface area contributed by atoms with Crippen molar-refractivity contribution in [2.75, 3.05) is 6.61 Å². The van der Waals surface area contributed by atoms with E-state index in [1.165, 1.54) is 6.42 Å². The summed E-state index contributed by atoms with van der Waals surface area (Å²) < 4.78 is 5.84. The summed E-state index contributed by atoms with van der Waals surface area (Å²) in [5, 5.41) is 3.49. The van der Waals surface area contributed by atoms with Gasteiger partial charge in [0.15, 0.2) is 5.78 Å². The molecule has 172 valence electrons. The van der Waals surface area contributed by atoms with E-state index in [4.69, 9.17) is 4.74 Å². The summed E-state index contributed by atoms with van der Waals surface area (Å²) in [5.41, 5.74) is 0.674. The number of ketones is 1. The maximum atomic E-state index is 13.7. The summed E-state index contributed by atoms with van der Waals surface area (Å²) in [7, 11) is 0. The van der Waals surface area contributed by atoms with Gasteiger partial charge >= 0.3 is 0 Å². The Balaban J connectivity index is 1.79. The molecule has 34 heavy (non-hydrogen) atoms. The van der Waals surface area contributed by atoms with Crippen LogP contribution in [0.4, 0.5) is 0 Å². The van der Waals surface area contributed by atoms with E-state index in [0.717, 1.165) is 34.5 Å². The van der Waals surface area contributed by atoms with Crippen LogP contribution in [0, 0.1) is 0 Å². The van der Waals surface area contributed by atoms with Crippen LogP contribution in [-0.4, -0.2) is 18.2 Å². The molecule has 0 saturated carbocycles. The van der Waals surface area contributed by atoms with Gasteiger partial charge in [0.1, 0.15) is 5.75 Å². The average molecular weight is 467 g/mol. The second kappa shape index (κ2) is 11.7. The number of hydrogen-bond acceptors (Lipinski definition) is 2. The molecule has 0 fully saturated rings. The second-order valence-electron chi connectivity index (χ2n) is 8.30. The van der Waals surface area contributed by atoms with Crippen LogP contribution in [0.1, 0.15) is 36.5 Å². The number of rotatable bonds is 10. The fourth-order valence-electron chi connectivity index (χ4n) is 4.17. The quantitative estimate of drug-likeness (QED) is 0.157. The van der Waals surface area contributed by atoms with Gasteiger partial charge in [0.2, 0.25) is 0 Å². The van der Waals surface area contributed by atoms with Crippen LogP contribution in [0.3, 0.4) is 0 Å². The Bertz CT molecular complexity index is 1130. The number of unbranched alkanes of at least 4 members (excludes halogenated alkanes) is 2. The first kappa shape index (κ1) is 23.8. The van der Waals surface area contributed by atoms with Crippen LogP contribution in [0.25, 0.3) is 0 Å². The predicted octanol–water partition coefficient (Wildman–Crippen LogP) is 6.23. The minimum Gasteiger partial charge on any atom is -0.494 e. The molecule has 0 aliphatic heterocycles. The lowest BCUT2D eigenvalue weighted by Crippen LogP contribution is -2.28. The van der Waals surface area contributed by atoms with Crippen LogP contribution >= 0.6 is 6.89 Å². The second-order valence-corrected chi connectivity index (χ2v) is 11.6. The van der Waals surface area contributed by atoms with Gasteiger partial charge in [0.05, 0.1) is 6.61 Å². The van der Waals surface area contributed by atoms with Gasteiger partial charge in [-0.2, -0.15) is 0 Å². The zero-order chi connectivity index (χ0) is 23.6. The summed E-state index contributed by atoms with van der Waals surface area (Å²) in [4.78, 5) is 13.7. The van der Waals surface area contributed by atoms with E-state index >= 15 is 0 Å². The highest BCUT2D eigenvalue weighted by Gasteiger charge is 2.26. The van der Waals surface area contributed by atoms with Crippen molar-refractivity contribution in [2.24, 2.45) is 0 Å². The van der Waals surface area contributed by atoms with Crippen molar-refractivity contribution in [3.05, 3.63) is 121 Å². The standard InChI is InChI=1S/C31H31O2P/c1-2-3-13-24-33-27-22-20-26(21-23-27)31(32)25-34(28-14-7-4-8-15-28,29-16-9-5-10-17-29)30-18-11-6-12-19-30/h4-12,14-23,25H,2-3,13,24H2,1H3. The third-order valence-corrected chi connectivity index (χ3v) is 9.92. The molecule has 4 aromatic rings. The van der Waals surface area contributed by atoms with Crippen molar-refractivity contribution in [1.29, 1.82) is 0 Å². The van der Waals surface area contributed by atoms with Gasteiger partial charge in [-0.25, -0.2) is 0 Å². The molecule has 0 N–H and O–H groups in total. The van der Waals surface area contributed by atoms with E-state index in [1.54, 1.807) is 0 Å². The fraction of sp³-hybridized carbons (Fsp3) is 0.161. The molecule has 0 spiro atoms. The van der Waals surface area contributed by atoms with Crippen LogP contribution < -0.4 is 20.7 Å². The highest BCUT2D eigenvalue weighted by Crippen LogP contribution is 2.43. The van der Waals surface area contributed by atoms with Crippen molar-refractivity contribution < 1.29 is 9.53 Å². The lowest BCUT2D eigenvalue weighted by molar-refractivity contribution is 0.107. The summed E-state index contributed by atoms with van der Waals surface area (Å²) in [6.45, 7) is 0.569. The minimum absolute atomic E-state index is 0.0300. The molecule has 0 heterocycles. The Morgan fingerprint density at radius 2 is 1.15 bits per heavy atom. The Kier molecular flexibility index (Phi) is 8.17. The number of hydrogen-bond donors (Lipinski definition) is 0. The van der Waals surface area contributed by atoms with E-state index in [1.807, 2.05) is 48.3 Å². The molecule has 0 aromatic heterocycles. The Labute approximate surface area is 203 Å². The molecule has 2 nitrogen and oxygen atoms in total. The van der Waals surface area contributed by atoms with E-state index in [2.05, 4.69) is 79.7 Å². The molecule has 0 saturated heterocycles. The summed E-state index contributed by atoms with van der Waals surface area (Å²) in [6.07, 6.45) is 3.38. The zero-order valence-electron chi connectivity index (χ0n) is 19.6.